The molecule has 0 radical (unpaired) electrons. The summed E-state index contributed by atoms with van der Waals surface area (Å²) in [5.41, 5.74) is 0.548. The van der Waals surface area contributed by atoms with E-state index in [1.807, 2.05) is 20.8 Å². The first-order valence-corrected chi connectivity index (χ1v) is 8.46. The maximum Gasteiger partial charge on any atom is 0.407 e. The minimum atomic E-state index is -0.966. The lowest BCUT2D eigenvalue weighted by Gasteiger charge is -2.21. The van der Waals surface area contributed by atoms with E-state index in [9.17, 15) is 19.5 Å². The standard InChI is InChI=1S/C19H27NO6/c1-6-25-17(23)15(20-18(24)26-11-19(3,4)5)10-13-7-8-16(22)14(9-13)12(2)21/h7-9,15,22H,6,10-11H2,1-5H3,(H,20,24). The quantitative estimate of drug-likeness (QED) is 0.569. The second-order valence-electron chi connectivity index (χ2n) is 7.20. The summed E-state index contributed by atoms with van der Waals surface area (Å²) in [6, 6.07) is 3.49. The number of amides is 1. The third-order valence-corrected chi connectivity index (χ3v) is 3.38. The highest BCUT2D eigenvalue weighted by atomic mass is 16.6. The number of rotatable bonds is 7. The molecule has 0 saturated heterocycles. The minimum absolute atomic E-state index is 0.101. The van der Waals surface area contributed by atoms with Crippen molar-refractivity contribution in [1.82, 2.24) is 5.32 Å². The van der Waals surface area contributed by atoms with Crippen molar-refractivity contribution < 1.29 is 29.0 Å². The molecule has 1 aromatic carbocycles. The van der Waals surface area contributed by atoms with Crippen molar-refractivity contribution in [3.05, 3.63) is 29.3 Å². The molecule has 1 atom stereocenters. The number of Topliss-reactive ketones (excluding diaryl/α,β-unsaturated/α-hetero) is 1. The molecule has 0 aliphatic heterocycles. The Bertz CT molecular complexity index is 662. The number of carbonyl (C=O) groups is 3. The van der Waals surface area contributed by atoms with Crippen LogP contribution < -0.4 is 5.32 Å². The van der Waals surface area contributed by atoms with Gasteiger partial charge in [0.2, 0.25) is 0 Å². The van der Waals surface area contributed by atoms with E-state index in [4.69, 9.17) is 9.47 Å². The number of ketones is 1. The van der Waals surface area contributed by atoms with Gasteiger partial charge in [-0.1, -0.05) is 26.8 Å². The van der Waals surface area contributed by atoms with Crippen LogP contribution in [0.2, 0.25) is 0 Å². The molecule has 1 rings (SSSR count). The Balaban J connectivity index is 2.90. The molecule has 7 nitrogen and oxygen atoms in total. The Morgan fingerprint density at radius 1 is 1.19 bits per heavy atom. The van der Waals surface area contributed by atoms with Crippen LogP contribution in [0.3, 0.4) is 0 Å². The number of ether oxygens (including phenoxy) is 2. The van der Waals surface area contributed by atoms with Gasteiger partial charge in [0.15, 0.2) is 5.78 Å². The normalized spacial score (nSPS) is 12.2. The van der Waals surface area contributed by atoms with Crippen LogP contribution >= 0.6 is 0 Å². The molecule has 1 aromatic rings. The van der Waals surface area contributed by atoms with Crippen molar-refractivity contribution >= 4 is 17.8 Å². The monoisotopic (exact) mass is 365 g/mol. The largest absolute Gasteiger partial charge is 0.507 e. The molecule has 0 saturated carbocycles. The molecule has 0 fully saturated rings. The fourth-order valence-electron chi connectivity index (χ4n) is 2.13. The Morgan fingerprint density at radius 2 is 1.85 bits per heavy atom. The molecule has 0 spiro atoms. The van der Waals surface area contributed by atoms with Crippen LogP contribution in [0, 0.1) is 5.41 Å². The molecule has 0 aliphatic carbocycles. The number of nitrogens with one attached hydrogen (secondary N) is 1. The number of alkyl carbamates (subject to hydrolysis) is 1. The summed E-state index contributed by atoms with van der Waals surface area (Å²) in [5.74, 6) is -1.03. The molecular formula is C19H27NO6. The number of esters is 1. The van der Waals surface area contributed by atoms with Crippen molar-refractivity contribution in [2.75, 3.05) is 13.2 Å². The van der Waals surface area contributed by atoms with Crippen LogP contribution in [0.5, 0.6) is 5.75 Å². The predicted molar refractivity (Wildman–Crippen MR) is 96.2 cm³/mol. The van der Waals surface area contributed by atoms with Crippen molar-refractivity contribution in [2.24, 2.45) is 5.41 Å². The maximum atomic E-state index is 12.2. The first-order chi connectivity index (χ1) is 12.0. The SMILES string of the molecule is CCOC(=O)C(Cc1ccc(O)c(C(C)=O)c1)NC(=O)OCC(C)(C)C. The maximum absolute atomic E-state index is 12.2. The van der Waals surface area contributed by atoms with E-state index in [1.54, 1.807) is 13.0 Å². The predicted octanol–water partition coefficient (Wildman–Crippen LogP) is 2.84. The lowest BCUT2D eigenvalue weighted by Crippen LogP contribution is -2.44. The molecule has 144 valence electrons. The number of aromatic hydroxyl groups is 1. The third kappa shape index (κ3) is 7.13. The van der Waals surface area contributed by atoms with Gasteiger partial charge in [-0.15, -0.1) is 0 Å². The average Bonchev–Trinajstić information content (AvgIpc) is 2.53. The molecule has 7 heteroatoms. The van der Waals surface area contributed by atoms with Crippen LogP contribution in [-0.4, -0.2) is 42.2 Å². The van der Waals surface area contributed by atoms with Gasteiger partial charge in [-0.2, -0.15) is 0 Å². The summed E-state index contributed by atoms with van der Waals surface area (Å²) < 4.78 is 10.1. The zero-order valence-corrected chi connectivity index (χ0v) is 15.9. The Morgan fingerprint density at radius 3 is 2.38 bits per heavy atom. The smallest absolute Gasteiger partial charge is 0.407 e. The lowest BCUT2D eigenvalue weighted by atomic mass is 9.99. The molecule has 0 aromatic heterocycles. The summed E-state index contributed by atoms with van der Waals surface area (Å²) in [5, 5.41) is 12.2. The molecule has 2 N–H and O–H groups in total. The Hall–Kier alpha value is -2.57. The molecule has 1 unspecified atom stereocenters. The van der Waals surface area contributed by atoms with Gasteiger partial charge >= 0.3 is 12.1 Å². The van der Waals surface area contributed by atoms with E-state index in [2.05, 4.69) is 5.32 Å². The topological polar surface area (TPSA) is 102 Å². The van der Waals surface area contributed by atoms with Gasteiger partial charge in [-0.3, -0.25) is 4.79 Å². The molecule has 26 heavy (non-hydrogen) atoms. The van der Waals surface area contributed by atoms with Gasteiger partial charge < -0.3 is 19.9 Å². The fraction of sp³-hybridized carbons (Fsp3) is 0.526. The van der Waals surface area contributed by atoms with Gasteiger partial charge in [0.25, 0.3) is 0 Å². The van der Waals surface area contributed by atoms with Gasteiger partial charge in [0.05, 0.1) is 18.8 Å². The fourth-order valence-corrected chi connectivity index (χ4v) is 2.13. The highest BCUT2D eigenvalue weighted by Gasteiger charge is 2.25. The highest BCUT2D eigenvalue weighted by molar-refractivity contribution is 5.96. The number of carbonyl (C=O) groups excluding carboxylic acids is 3. The number of hydrogen-bond acceptors (Lipinski definition) is 6. The first-order valence-electron chi connectivity index (χ1n) is 8.46. The Labute approximate surface area is 153 Å². The lowest BCUT2D eigenvalue weighted by molar-refractivity contribution is -0.145. The van der Waals surface area contributed by atoms with E-state index >= 15 is 0 Å². The second kappa shape index (κ2) is 9.22. The van der Waals surface area contributed by atoms with E-state index in [1.165, 1.54) is 19.1 Å². The van der Waals surface area contributed by atoms with E-state index in [0.29, 0.717) is 5.56 Å². The van der Waals surface area contributed by atoms with E-state index < -0.39 is 18.1 Å². The van der Waals surface area contributed by atoms with Crippen LogP contribution in [-0.2, 0) is 20.7 Å². The van der Waals surface area contributed by atoms with Crippen molar-refractivity contribution in [3.63, 3.8) is 0 Å². The van der Waals surface area contributed by atoms with Crippen molar-refractivity contribution in [2.45, 2.75) is 47.1 Å². The number of phenolic OH excluding ortho intramolecular Hbond substituents is 1. The molecule has 1 amide bonds. The number of benzene rings is 1. The van der Waals surface area contributed by atoms with Crippen LogP contribution in [0.15, 0.2) is 18.2 Å². The summed E-state index contributed by atoms with van der Waals surface area (Å²) in [6.45, 7) is 9.13. The van der Waals surface area contributed by atoms with Gasteiger partial charge in [0, 0.05) is 6.42 Å². The van der Waals surface area contributed by atoms with Gasteiger partial charge in [-0.05, 0) is 37.0 Å². The number of hydrogen-bond donors (Lipinski definition) is 2. The molecule has 0 bridgehead atoms. The number of phenols is 1. The average molecular weight is 365 g/mol. The van der Waals surface area contributed by atoms with Crippen LogP contribution in [0.25, 0.3) is 0 Å². The zero-order valence-electron chi connectivity index (χ0n) is 15.9. The van der Waals surface area contributed by atoms with E-state index in [-0.39, 0.29) is 42.1 Å². The second-order valence-corrected chi connectivity index (χ2v) is 7.20. The summed E-state index contributed by atoms with van der Waals surface area (Å²) in [4.78, 5) is 35.7. The van der Waals surface area contributed by atoms with Crippen LogP contribution in [0.1, 0.15) is 50.5 Å². The summed E-state index contributed by atoms with van der Waals surface area (Å²) in [6.07, 6.45) is -0.618. The van der Waals surface area contributed by atoms with Gasteiger partial charge in [-0.25, -0.2) is 9.59 Å². The summed E-state index contributed by atoms with van der Waals surface area (Å²) >= 11 is 0. The molecule has 0 heterocycles. The third-order valence-electron chi connectivity index (χ3n) is 3.38. The minimum Gasteiger partial charge on any atom is -0.507 e. The van der Waals surface area contributed by atoms with E-state index in [0.717, 1.165) is 0 Å². The zero-order chi connectivity index (χ0) is 19.9. The summed E-state index contributed by atoms with van der Waals surface area (Å²) in [7, 11) is 0. The molecular weight excluding hydrogens is 338 g/mol. The van der Waals surface area contributed by atoms with Gasteiger partial charge in [0.1, 0.15) is 11.8 Å². The first kappa shape index (κ1) is 21.5. The van der Waals surface area contributed by atoms with Crippen molar-refractivity contribution in [3.8, 4) is 5.75 Å². The molecule has 0 aliphatic rings. The van der Waals surface area contributed by atoms with Crippen molar-refractivity contribution in [1.29, 1.82) is 0 Å². The Kier molecular flexibility index (Phi) is 7.61. The highest BCUT2D eigenvalue weighted by Crippen LogP contribution is 2.20. The van der Waals surface area contributed by atoms with Crippen LogP contribution in [0.4, 0.5) is 4.79 Å².